The van der Waals surface area contributed by atoms with Crippen LogP contribution in [0.15, 0.2) is 48.8 Å². The lowest BCUT2D eigenvalue weighted by molar-refractivity contribution is -0.903. The van der Waals surface area contributed by atoms with Gasteiger partial charge in [-0.15, -0.1) is 0 Å². The van der Waals surface area contributed by atoms with Crippen molar-refractivity contribution in [3.05, 3.63) is 48.8 Å². The number of rotatable bonds is 6. The Morgan fingerprint density at radius 3 is 2.48 bits per heavy atom. The molecule has 122 valence electrons. The maximum Gasteiger partial charge on any atom is 0.225 e. The van der Waals surface area contributed by atoms with Crippen LogP contribution in [0.25, 0.3) is 0 Å². The van der Waals surface area contributed by atoms with Crippen molar-refractivity contribution >= 4 is 5.95 Å². The van der Waals surface area contributed by atoms with Crippen molar-refractivity contribution in [1.29, 1.82) is 0 Å². The largest absolute Gasteiger partial charge is 0.491 e. The Labute approximate surface area is 136 Å². The molecule has 1 atom stereocenters. The molecule has 1 fully saturated rings. The van der Waals surface area contributed by atoms with Gasteiger partial charge in [0.05, 0.1) is 26.2 Å². The van der Waals surface area contributed by atoms with Crippen LogP contribution < -0.4 is 14.5 Å². The number of para-hydroxylation sites is 1. The molecule has 0 amide bonds. The number of nitrogens with zero attached hydrogens (tertiary/aromatic N) is 3. The van der Waals surface area contributed by atoms with Gasteiger partial charge in [0, 0.05) is 12.4 Å². The molecule has 0 unspecified atom stereocenters. The molecular weight excluding hydrogens is 292 g/mol. The van der Waals surface area contributed by atoms with E-state index in [-0.39, 0.29) is 0 Å². The average Bonchev–Trinajstić information content (AvgIpc) is 2.62. The normalized spacial score (nSPS) is 17.0. The van der Waals surface area contributed by atoms with E-state index in [0.717, 1.165) is 37.9 Å². The van der Waals surface area contributed by atoms with E-state index in [1.165, 1.54) is 4.90 Å². The van der Waals surface area contributed by atoms with Crippen LogP contribution in [0.4, 0.5) is 5.95 Å². The van der Waals surface area contributed by atoms with E-state index >= 15 is 0 Å². The fourth-order valence-corrected chi connectivity index (χ4v) is 2.78. The van der Waals surface area contributed by atoms with Crippen LogP contribution in [-0.4, -0.2) is 60.5 Å². The molecule has 1 aliphatic rings. The second-order valence-corrected chi connectivity index (χ2v) is 5.77. The fraction of sp³-hybridized carbons (Fsp3) is 0.412. The van der Waals surface area contributed by atoms with Crippen molar-refractivity contribution in [3.63, 3.8) is 0 Å². The van der Waals surface area contributed by atoms with Crippen LogP contribution in [-0.2, 0) is 0 Å². The summed E-state index contributed by atoms with van der Waals surface area (Å²) < 4.78 is 5.61. The van der Waals surface area contributed by atoms with Gasteiger partial charge in [-0.2, -0.15) is 0 Å². The minimum atomic E-state index is -0.454. The predicted molar refractivity (Wildman–Crippen MR) is 87.8 cm³/mol. The lowest BCUT2D eigenvalue weighted by atomic mass is 10.2. The van der Waals surface area contributed by atoms with Crippen LogP contribution in [0.3, 0.4) is 0 Å². The Morgan fingerprint density at radius 1 is 1.09 bits per heavy atom. The molecule has 1 aliphatic heterocycles. The molecule has 6 heteroatoms. The molecule has 2 aromatic rings. The van der Waals surface area contributed by atoms with Gasteiger partial charge in [0.15, 0.2) is 0 Å². The molecule has 0 saturated carbocycles. The first-order chi connectivity index (χ1) is 11.3. The minimum absolute atomic E-state index is 0.332. The first-order valence-electron chi connectivity index (χ1n) is 8.03. The highest BCUT2D eigenvalue weighted by atomic mass is 16.5. The summed E-state index contributed by atoms with van der Waals surface area (Å²) in [7, 11) is 0. The summed E-state index contributed by atoms with van der Waals surface area (Å²) >= 11 is 0. The van der Waals surface area contributed by atoms with Crippen molar-refractivity contribution in [1.82, 2.24) is 9.97 Å². The number of piperazine rings is 1. The Morgan fingerprint density at radius 2 is 1.78 bits per heavy atom. The summed E-state index contributed by atoms with van der Waals surface area (Å²) in [6.45, 7) is 4.80. The maximum absolute atomic E-state index is 10.2. The minimum Gasteiger partial charge on any atom is -0.491 e. The van der Waals surface area contributed by atoms with E-state index < -0.39 is 6.10 Å². The Kier molecular flexibility index (Phi) is 5.39. The number of aliphatic hydroxyl groups is 1. The zero-order valence-electron chi connectivity index (χ0n) is 13.1. The molecule has 1 saturated heterocycles. The molecule has 23 heavy (non-hydrogen) atoms. The molecule has 3 rings (SSSR count). The van der Waals surface area contributed by atoms with Crippen LogP contribution in [0, 0.1) is 0 Å². The smallest absolute Gasteiger partial charge is 0.225 e. The van der Waals surface area contributed by atoms with Crippen molar-refractivity contribution in [3.8, 4) is 5.75 Å². The number of nitrogens with one attached hydrogen (secondary N) is 1. The van der Waals surface area contributed by atoms with E-state index in [0.29, 0.717) is 13.2 Å². The standard InChI is InChI=1S/C17H22N4O2/c22-15(14-23-16-5-2-1-3-6-16)13-20-9-11-21(12-10-20)17-18-7-4-8-19-17/h1-8,15,22H,9-14H2/p+1/t15-/m1/s1. The van der Waals surface area contributed by atoms with Crippen LogP contribution in [0.1, 0.15) is 0 Å². The van der Waals surface area contributed by atoms with Crippen molar-refractivity contribution in [2.45, 2.75) is 6.10 Å². The van der Waals surface area contributed by atoms with Gasteiger partial charge in [0.25, 0.3) is 0 Å². The number of aliphatic hydroxyl groups excluding tert-OH is 1. The number of quaternary nitrogens is 1. The molecule has 0 bridgehead atoms. The molecule has 1 aromatic heterocycles. The number of aromatic nitrogens is 2. The predicted octanol–water partition coefficient (Wildman–Crippen LogP) is -0.379. The summed E-state index contributed by atoms with van der Waals surface area (Å²) in [5.41, 5.74) is 0. The summed E-state index contributed by atoms with van der Waals surface area (Å²) in [4.78, 5) is 12.2. The van der Waals surface area contributed by atoms with Crippen molar-refractivity contribution in [2.24, 2.45) is 0 Å². The Bertz CT molecular complexity index is 574. The second-order valence-electron chi connectivity index (χ2n) is 5.77. The van der Waals surface area contributed by atoms with Gasteiger partial charge in [0.1, 0.15) is 25.0 Å². The Balaban J connectivity index is 1.40. The number of hydrogen-bond donors (Lipinski definition) is 2. The zero-order valence-corrected chi connectivity index (χ0v) is 13.1. The van der Waals surface area contributed by atoms with E-state index in [1.54, 1.807) is 12.4 Å². The van der Waals surface area contributed by atoms with Crippen molar-refractivity contribution < 1.29 is 14.7 Å². The Hall–Kier alpha value is -2.18. The third-order valence-corrected chi connectivity index (χ3v) is 4.02. The number of hydrogen-bond acceptors (Lipinski definition) is 5. The van der Waals surface area contributed by atoms with Gasteiger partial charge in [-0.25, -0.2) is 9.97 Å². The first kappa shape index (κ1) is 15.7. The quantitative estimate of drug-likeness (QED) is 0.761. The molecule has 2 heterocycles. The topological polar surface area (TPSA) is 62.9 Å². The molecular formula is C17H23N4O2+. The molecule has 6 nitrogen and oxygen atoms in total. The number of ether oxygens (including phenoxy) is 1. The number of benzene rings is 1. The highest BCUT2D eigenvalue weighted by Gasteiger charge is 2.23. The van der Waals surface area contributed by atoms with Gasteiger partial charge in [-0.1, -0.05) is 18.2 Å². The molecule has 1 aromatic carbocycles. The third-order valence-electron chi connectivity index (χ3n) is 4.02. The van der Waals surface area contributed by atoms with Gasteiger partial charge in [-0.05, 0) is 18.2 Å². The summed E-state index contributed by atoms with van der Waals surface area (Å²) in [6, 6.07) is 11.4. The molecule has 0 aliphatic carbocycles. The summed E-state index contributed by atoms with van der Waals surface area (Å²) in [5, 5.41) is 10.2. The van der Waals surface area contributed by atoms with E-state index in [2.05, 4.69) is 14.9 Å². The van der Waals surface area contributed by atoms with Gasteiger partial charge in [0.2, 0.25) is 5.95 Å². The fourth-order valence-electron chi connectivity index (χ4n) is 2.78. The second kappa shape index (κ2) is 7.89. The van der Waals surface area contributed by atoms with E-state index in [9.17, 15) is 5.11 Å². The first-order valence-corrected chi connectivity index (χ1v) is 8.03. The summed E-state index contributed by atoms with van der Waals surface area (Å²) in [5.74, 6) is 1.59. The lowest BCUT2D eigenvalue weighted by Gasteiger charge is -2.32. The highest BCUT2D eigenvalue weighted by Crippen LogP contribution is 2.08. The number of anilines is 1. The van der Waals surface area contributed by atoms with Gasteiger partial charge in [-0.3, -0.25) is 0 Å². The van der Waals surface area contributed by atoms with Crippen LogP contribution in [0.5, 0.6) is 5.75 Å². The molecule has 0 spiro atoms. The molecule has 2 N–H and O–H groups in total. The average molecular weight is 315 g/mol. The zero-order chi connectivity index (χ0) is 15.9. The molecule has 0 radical (unpaired) electrons. The van der Waals surface area contributed by atoms with E-state index in [1.807, 2.05) is 36.4 Å². The maximum atomic E-state index is 10.2. The monoisotopic (exact) mass is 315 g/mol. The lowest BCUT2D eigenvalue weighted by Crippen LogP contribution is -3.16. The summed E-state index contributed by atoms with van der Waals surface area (Å²) in [6.07, 6.45) is 3.09. The SMILES string of the molecule is O[C@@H](COc1ccccc1)C[NH+]1CCN(c2ncccn2)CC1. The highest BCUT2D eigenvalue weighted by molar-refractivity contribution is 5.28. The van der Waals surface area contributed by atoms with Gasteiger partial charge >= 0.3 is 0 Å². The van der Waals surface area contributed by atoms with Gasteiger partial charge < -0.3 is 19.6 Å². The van der Waals surface area contributed by atoms with Crippen molar-refractivity contribution in [2.75, 3.05) is 44.2 Å². The third kappa shape index (κ3) is 4.64. The van der Waals surface area contributed by atoms with E-state index in [4.69, 9.17) is 4.74 Å². The van der Waals surface area contributed by atoms with Crippen LogP contribution in [0.2, 0.25) is 0 Å². The van der Waals surface area contributed by atoms with Crippen LogP contribution >= 0.6 is 0 Å².